The number of anilines is 1. The van der Waals surface area contributed by atoms with E-state index in [0.29, 0.717) is 60.1 Å². The molecule has 0 aliphatic carbocycles. The molecular weight excluding hydrogens is 456 g/mol. The molecule has 5 rings (SSSR count). The van der Waals surface area contributed by atoms with Crippen LogP contribution < -0.4 is 19.1 Å². The molecule has 3 aromatic rings. The Labute approximate surface area is 211 Å². The fourth-order valence-corrected chi connectivity index (χ4v) is 4.75. The number of fused-ring (bicyclic) bond motifs is 1. The molecule has 1 aromatic heterocycles. The highest BCUT2D eigenvalue weighted by atomic mass is 16.5. The zero-order chi connectivity index (χ0) is 25.1. The van der Waals surface area contributed by atoms with Crippen molar-refractivity contribution < 1.29 is 19.0 Å². The van der Waals surface area contributed by atoms with Crippen LogP contribution in [0.3, 0.4) is 0 Å². The summed E-state index contributed by atoms with van der Waals surface area (Å²) in [5, 5.41) is 0. The number of piperidine rings is 1. The van der Waals surface area contributed by atoms with E-state index in [0.717, 1.165) is 37.2 Å². The lowest BCUT2D eigenvalue weighted by Gasteiger charge is -2.33. The van der Waals surface area contributed by atoms with E-state index in [9.17, 15) is 4.79 Å². The van der Waals surface area contributed by atoms with Gasteiger partial charge in [-0.25, -0.2) is 4.98 Å². The Hall–Kier alpha value is -3.81. The summed E-state index contributed by atoms with van der Waals surface area (Å²) in [5.74, 6) is 3.70. The molecule has 3 heterocycles. The minimum Gasteiger partial charge on any atom is -0.497 e. The van der Waals surface area contributed by atoms with E-state index in [1.807, 2.05) is 41.3 Å². The van der Waals surface area contributed by atoms with Crippen molar-refractivity contribution in [3.63, 3.8) is 0 Å². The molecule has 0 bridgehead atoms. The first kappa shape index (κ1) is 23.9. The Bertz CT molecular complexity index is 1240. The second-order valence-electron chi connectivity index (χ2n) is 9.38. The summed E-state index contributed by atoms with van der Waals surface area (Å²) >= 11 is 0. The first-order valence-corrected chi connectivity index (χ1v) is 12.4. The zero-order valence-corrected chi connectivity index (χ0v) is 21.1. The van der Waals surface area contributed by atoms with Crippen LogP contribution in [0.2, 0.25) is 0 Å². The molecule has 2 aliphatic rings. The van der Waals surface area contributed by atoms with E-state index in [1.54, 1.807) is 26.4 Å². The van der Waals surface area contributed by atoms with Crippen LogP contribution in [0, 0.1) is 5.92 Å². The third-order valence-electron chi connectivity index (χ3n) is 6.96. The van der Waals surface area contributed by atoms with Crippen molar-refractivity contribution in [1.29, 1.82) is 0 Å². The smallest absolute Gasteiger partial charge is 0.257 e. The summed E-state index contributed by atoms with van der Waals surface area (Å²) in [6.45, 7) is 5.07. The fraction of sp³-hybridized carbons (Fsp3) is 0.393. The van der Waals surface area contributed by atoms with Gasteiger partial charge >= 0.3 is 0 Å². The van der Waals surface area contributed by atoms with Crippen molar-refractivity contribution >= 4 is 11.9 Å². The van der Waals surface area contributed by atoms with E-state index in [2.05, 4.69) is 11.8 Å². The van der Waals surface area contributed by atoms with Gasteiger partial charge in [-0.3, -0.25) is 4.79 Å². The largest absolute Gasteiger partial charge is 0.497 e. The van der Waals surface area contributed by atoms with Crippen LogP contribution >= 0.6 is 0 Å². The van der Waals surface area contributed by atoms with Crippen LogP contribution in [0.15, 0.2) is 48.5 Å². The van der Waals surface area contributed by atoms with E-state index in [4.69, 9.17) is 24.2 Å². The minimum absolute atomic E-state index is 0.0838. The molecule has 0 unspecified atom stereocenters. The van der Waals surface area contributed by atoms with Crippen molar-refractivity contribution in [2.75, 3.05) is 38.8 Å². The number of hydrogen-bond donors (Lipinski definition) is 0. The summed E-state index contributed by atoms with van der Waals surface area (Å²) in [6, 6.07) is 14.8. The van der Waals surface area contributed by atoms with Crippen LogP contribution in [0.4, 0.5) is 5.95 Å². The van der Waals surface area contributed by atoms with Gasteiger partial charge in [0.15, 0.2) is 0 Å². The Morgan fingerprint density at radius 3 is 2.50 bits per heavy atom. The van der Waals surface area contributed by atoms with Gasteiger partial charge in [0.1, 0.15) is 17.2 Å². The predicted molar refractivity (Wildman–Crippen MR) is 137 cm³/mol. The number of benzene rings is 2. The second kappa shape index (κ2) is 10.4. The Kier molecular flexibility index (Phi) is 6.93. The number of methoxy groups -OCH3 is 2. The highest BCUT2D eigenvalue weighted by Crippen LogP contribution is 2.34. The van der Waals surface area contributed by atoms with Gasteiger partial charge in [-0.1, -0.05) is 25.1 Å². The lowest BCUT2D eigenvalue weighted by atomic mass is 9.99. The SMILES string of the molecule is COc1cccc(Oc2nc(N3CCC(C)CC3)nc3c2CN(C(=O)c2ccccc2OC)CC3)c1. The lowest BCUT2D eigenvalue weighted by Crippen LogP contribution is -2.38. The molecule has 0 saturated carbocycles. The molecule has 0 spiro atoms. The lowest BCUT2D eigenvalue weighted by molar-refractivity contribution is 0.0728. The minimum atomic E-state index is -0.0838. The van der Waals surface area contributed by atoms with Gasteiger partial charge < -0.3 is 24.0 Å². The molecule has 1 saturated heterocycles. The number of carbonyl (C=O) groups is 1. The quantitative estimate of drug-likeness (QED) is 0.497. The number of rotatable bonds is 6. The summed E-state index contributed by atoms with van der Waals surface area (Å²) in [6.07, 6.45) is 2.87. The maximum Gasteiger partial charge on any atom is 0.257 e. The maximum atomic E-state index is 13.4. The van der Waals surface area contributed by atoms with Crippen molar-refractivity contribution in [2.24, 2.45) is 5.92 Å². The van der Waals surface area contributed by atoms with Crippen molar-refractivity contribution in [1.82, 2.24) is 14.9 Å². The monoisotopic (exact) mass is 488 g/mol. The summed E-state index contributed by atoms with van der Waals surface area (Å²) in [5.41, 5.74) is 2.31. The molecule has 0 atom stereocenters. The fourth-order valence-electron chi connectivity index (χ4n) is 4.75. The molecule has 2 aliphatic heterocycles. The summed E-state index contributed by atoms with van der Waals surface area (Å²) < 4.78 is 17.1. The van der Waals surface area contributed by atoms with Crippen LogP contribution in [0.25, 0.3) is 0 Å². The molecule has 188 valence electrons. The molecule has 8 heteroatoms. The molecule has 0 N–H and O–H groups in total. The first-order valence-electron chi connectivity index (χ1n) is 12.4. The molecule has 36 heavy (non-hydrogen) atoms. The molecule has 2 aromatic carbocycles. The zero-order valence-electron chi connectivity index (χ0n) is 21.1. The average molecular weight is 489 g/mol. The molecule has 8 nitrogen and oxygen atoms in total. The van der Waals surface area contributed by atoms with Crippen molar-refractivity contribution in [3.8, 4) is 23.1 Å². The van der Waals surface area contributed by atoms with Crippen molar-refractivity contribution in [3.05, 3.63) is 65.4 Å². The van der Waals surface area contributed by atoms with Crippen LogP contribution in [0.1, 0.15) is 41.4 Å². The number of amides is 1. The number of para-hydroxylation sites is 1. The third kappa shape index (κ3) is 4.94. The second-order valence-corrected chi connectivity index (χ2v) is 9.38. The number of ether oxygens (including phenoxy) is 3. The Morgan fingerprint density at radius 1 is 0.944 bits per heavy atom. The predicted octanol–water partition coefficient (Wildman–Crippen LogP) is 4.72. The van der Waals surface area contributed by atoms with Gasteiger partial charge in [0.05, 0.1) is 37.6 Å². The van der Waals surface area contributed by atoms with Crippen LogP contribution in [-0.4, -0.2) is 54.6 Å². The van der Waals surface area contributed by atoms with Gasteiger partial charge in [0.2, 0.25) is 11.8 Å². The number of aromatic nitrogens is 2. The standard InChI is InChI=1S/C28H32N4O4/c1-19-11-14-31(15-12-19)28-29-24-13-16-32(27(33)22-9-4-5-10-25(22)35-3)18-23(24)26(30-28)36-21-8-6-7-20(17-21)34-2/h4-10,17,19H,11-16,18H2,1-3H3. The van der Waals surface area contributed by atoms with E-state index >= 15 is 0 Å². The molecule has 0 radical (unpaired) electrons. The van der Waals surface area contributed by atoms with Crippen molar-refractivity contribution in [2.45, 2.75) is 32.7 Å². The van der Waals surface area contributed by atoms with E-state index < -0.39 is 0 Å². The number of nitrogens with zero attached hydrogens (tertiary/aromatic N) is 4. The molecule has 1 fully saturated rings. The highest BCUT2D eigenvalue weighted by Gasteiger charge is 2.30. The number of hydrogen-bond acceptors (Lipinski definition) is 7. The maximum absolute atomic E-state index is 13.4. The number of carbonyl (C=O) groups excluding carboxylic acids is 1. The van der Waals surface area contributed by atoms with Gasteiger partial charge in [-0.15, -0.1) is 0 Å². The first-order chi connectivity index (χ1) is 17.6. The summed E-state index contributed by atoms with van der Waals surface area (Å²) in [7, 11) is 3.21. The van der Waals surface area contributed by atoms with E-state index in [1.165, 1.54) is 0 Å². The molecular formula is C28H32N4O4. The molecule has 1 amide bonds. The van der Waals surface area contributed by atoms with Gasteiger partial charge in [0, 0.05) is 32.1 Å². The third-order valence-corrected chi connectivity index (χ3v) is 6.96. The van der Waals surface area contributed by atoms with Crippen LogP contribution in [0.5, 0.6) is 23.1 Å². The van der Waals surface area contributed by atoms with E-state index in [-0.39, 0.29) is 5.91 Å². The van der Waals surface area contributed by atoms with Gasteiger partial charge in [-0.2, -0.15) is 4.98 Å². The van der Waals surface area contributed by atoms with Gasteiger partial charge in [0.25, 0.3) is 5.91 Å². The summed E-state index contributed by atoms with van der Waals surface area (Å²) in [4.78, 5) is 27.3. The normalized spacial score (nSPS) is 15.9. The highest BCUT2D eigenvalue weighted by molar-refractivity contribution is 5.97. The topological polar surface area (TPSA) is 77.0 Å². The average Bonchev–Trinajstić information content (AvgIpc) is 2.92. The Balaban J connectivity index is 1.49. The van der Waals surface area contributed by atoms with Gasteiger partial charge in [-0.05, 0) is 43.0 Å². The Morgan fingerprint density at radius 2 is 1.72 bits per heavy atom. The van der Waals surface area contributed by atoms with Crippen LogP contribution in [-0.2, 0) is 13.0 Å².